The zero-order chi connectivity index (χ0) is 19.5. The van der Waals surface area contributed by atoms with E-state index in [9.17, 15) is 4.79 Å². The molecule has 0 aliphatic heterocycles. The maximum absolute atomic E-state index is 11.3. The van der Waals surface area contributed by atoms with E-state index in [0.717, 1.165) is 12.5 Å². The van der Waals surface area contributed by atoms with Crippen molar-refractivity contribution in [2.75, 3.05) is 19.8 Å². The van der Waals surface area contributed by atoms with E-state index in [-0.39, 0.29) is 12.6 Å². The first-order chi connectivity index (χ1) is 11.6. The van der Waals surface area contributed by atoms with Crippen molar-refractivity contribution in [2.24, 2.45) is 0 Å². The van der Waals surface area contributed by atoms with Crippen molar-refractivity contribution < 1.29 is 26.6 Å². The molecule has 0 saturated carbocycles. The third kappa shape index (κ3) is 12.8. The van der Waals surface area contributed by atoms with Crippen LogP contribution in [0.25, 0.3) is 0 Å². The zero-order valence-corrected chi connectivity index (χ0v) is 20.7. The summed E-state index contributed by atoms with van der Waals surface area (Å²) in [6.07, 6.45) is 0.806. The van der Waals surface area contributed by atoms with Gasteiger partial charge in [0.05, 0.1) is 6.61 Å². The molecule has 0 spiro atoms. The summed E-state index contributed by atoms with van der Waals surface area (Å²) in [5.74, 6) is -0.382. The quantitative estimate of drug-likeness (QED) is 0.186. The summed E-state index contributed by atoms with van der Waals surface area (Å²) in [5, 5.41) is 0. The molecular formula is C15H33O6Si4. The fraction of sp³-hybridized carbons (Fsp3) is 0.800. The van der Waals surface area contributed by atoms with Gasteiger partial charge in [-0.25, -0.2) is 4.79 Å². The van der Waals surface area contributed by atoms with E-state index in [1.807, 2.05) is 0 Å². The Bertz CT molecular complexity index is 377. The van der Waals surface area contributed by atoms with Crippen LogP contribution in [0.1, 0.15) is 13.3 Å². The minimum absolute atomic E-state index is 0.239. The maximum atomic E-state index is 11.3. The molecule has 0 aliphatic carbocycles. The van der Waals surface area contributed by atoms with Gasteiger partial charge < -0.3 is 21.8 Å². The Labute approximate surface area is 159 Å². The Kier molecular flexibility index (Phi) is 13.1. The van der Waals surface area contributed by atoms with Crippen LogP contribution < -0.4 is 0 Å². The molecule has 10 heteroatoms. The topological polar surface area (TPSA) is 63.2 Å². The van der Waals surface area contributed by atoms with Crippen LogP contribution in [-0.2, 0) is 26.6 Å². The normalized spacial score (nSPS) is 12.2. The van der Waals surface area contributed by atoms with E-state index in [4.69, 9.17) is 21.8 Å². The molecule has 0 aromatic rings. The van der Waals surface area contributed by atoms with E-state index in [0.29, 0.717) is 18.8 Å². The number of carbonyl (C=O) groups excluding carboxylic acids is 1. The number of carbonyl (C=O) groups is 1. The van der Waals surface area contributed by atoms with Crippen molar-refractivity contribution in [3.05, 3.63) is 12.2 Å². The van der Waals surface area contributed by atoms with Crippen LogP contribution in [0.5, 0.6) is 0 Å². The fourth-order valence-electron chi connectivity index (χ4n) is 1.96. The Morgan fingerprint density at radius 2 is 1.36 bits per heavy atom. The van der Waals surface area contributed by atoms with Gasteiger partial charge in [0.25, 0.3) is 0 Å². The number of hydrogen-bond acceptors (Lipinski definition) is 6. The fourth-order valence-corrected chi connectivity index (χ4v) is 12.8. The molecule has 0 aromatic heterocycles. The third-order valence-electron chi connectivity index (χ3n) is 2.66. The molecule has 25 heavy (non-hydrogen) atoms. The zero-order valence-electron chi connectivity index (χ0n) is 16.7. The van der Waals surface area contributed by atoms with Crippen LogP contribution in [0.2, 0.25) is 45.3 Å². The van der Waals surface area contributed by atoms with Gasteiger partial charge in [0.1, 0.15) is 6.61 Å². The summed E-state index contributed by atoms with van der Waals surface area (Å²) in [6, 6.07) is 0.764. The van der Waals surface area contributed by atoms with Crippen LogP contribution in [0.15, 0.2) is 12.2 Å². The van der Waals surface area contributed by atoms with Crippen LogP contribution in [-0.4, -0.2) is 61.7 Å². The van der Waals surface area contributed by atoms with Gasteiger partial charge >= 0.3 is 14.8 Å². The van der Waals surface area contributed by atoms with Gasteiger partial charge in [0.15, 0.2) is 27.1 Å². The van der Waals surface area contributed by atoms with Gasteiger partial charge in [0, 0.05) is 18.2 Å². The van der Waals surface area contributed by atoms with Gasteiger partial charge in [-0.15, -0.1) is 0 Å². The molecule has 0 aromatic carbocycles. The molecule has 0 N–H and O–H groups in total. The monoisotopic (exact) mass is 421 g/mol. The average Bonchev–Trinajstić information content (AvgIpc) is 2.43. The van der Waals surface area contributed by atoms with Gasteiger partial charge in [-0.2, -0.15) is 0 Å². The van der Waals surface area contributed by atoms with E-state index in [2.05, 4.69) is 45.9 Å². The smallest absolute Gasteiger partial charge is 0.460 e. The van der Waals surface area contributed by atoms with E-state index in [1.165, 1.54) is 0 Å². The lowest BCUT2D eigenvalue weighted by Gasteiger charge is -2.34. The Hall–Kier alpha value is -0.0825. The van der Waals surface area contributed by atoms with Crippen molar-refractivity contribution in [1.29, 1.82) is 0 Å². The first kappa shape index (κ1) is 24.9. The number of ether oxygens (including phenoxy) is 2. The summed E-state index contributed by atoms with van der Waals surface area (Å²) < 4.78 is 29.3. The van der Waals surface area contributed by atoms with Gasteiger partial charge in [-0.1, -0.05) is 6.58 Å². The largest absolute Gasteiger partial charge is 0.469 e. The summed E-state index contributed by atoms with van der Waals surface area (Å²) in [5.41, 5.74) is 0.396. The Morgan fingerprint density at radius 3 is 1.76 bits per heavy atom. The second-order valence-corrected chi connectivity index (χ2v) is 16.1. The highest BCUT2D eigenvalue weighted by molar-refractivity contribution is 6.79. The minimum atomic E-state index is -2.63. The molecule has 0 amide bonds. The lowest BCUT2D eigenvalue weighted by molar-refractivity contribution is -0.140. The summed E-state index contributed by atoms with van der Waals surface area (Å²) in [7, 11) is -5.36. The third-order valence-corrected chi connectivity index (χ3v) is 12.3. The summed E-state index contributed by atoms with van der Waals surface area (Å²) in [6.45, 7) is 19.0. The van der Waals surface area contributed by atoms with E-state index in [1.54, 1.807) is 6.92 Å². The SMILES string of the molecule is C=C(C)C(=O)OCCOCCC[Si](O[Si](C)C)(O[Si](C)C)O[Si](C)C. The molecule has 6 nitrogen and oxygen atoms in total. The molecular weight excluding hydrogens is 389 g/mol. The highest BCUT2D eigenvalue weighted by Gasteiger charge is 2.42. The molecule has 0 atom stereocenters. The van der Waals surface area contributed by atoms with Gasteiger partial charge in [-0.3, -0.25) is 0 Å². The van der Waals surface area contributed by atoms with Crippen LogP contribution in [0, 0.1) is 0 Å². The number of rotatable bonds is 14. The molecule has 0 fully saturated rings. The van der Waals surface area contributed by atoms with E-state index < -0.39 is 35.9 Å². The summed E-state index contributed by atoms with van der Waals surface area (Å²) in [4.78, 5) is 11.3. The van der Waals surface area contributed by atoms with Gasteiger partial charge in [0.2, 0.25) is 0 Å². The van der Waals surface area contributed by atoms with Crippen LogP contribution in [0.3, 0.4) is 0 Å². The van der Waals surface area contributed by atoms with Crippen molar-refractivity contribution in [3.8, 4) is 0 Å². The lowest BCUT2D eigenvalue weighted by Crippen LogP contribution is -2.53. The molecule has 145 valence electrons. The van der Waals surface area contributed by atoms with Crippen molar-refractivity contribution in [2.45, 2.75) is 58.7 Å². The Balaban J connectivity index is 4.36. The lowest BCUT2D eigenvalue weighted by atomic mass is 10.4. The molecule has 0 heterocycles. The predicted octanol–water partition coefficient (Wildman–Crippen LogP) is 3.25. The van der Waals surface area contributed by atoms with Crippen LogP contribution in [0.4, 0.5) is 0 Å². The Morgan fingerprint density at radius 1 is 0.880 bits per heavy atom. The van der Waals surface area contributed by atoms with E-state index >= 15 is 0 Å². The van der Waals surface area contributed by atoms with Crippen molar-refractivity contribution in [1.82, 2.24) is 0 Å². The van der Waals surface area contributed by atoms with Gasteiger partial charge in [-0.05, 0) is 52.6 Å². The maximum Gasteiger partial charge on any atom is 0.469 e. The van der Waals surface area contributed by atoms with Crippen molar-refractivity contribution >= 4 is 41.9 Å². The molecule has 0 saturated heterocycles. The molecule has 0 rings (SSSR count). The second kappa shape index (κ2) is 13.1. The van der Waals surface area contributed by atoms with Crippen molar-refractivity contribution in [3.63, 3.8) is 0 Å². The highest BCUT2D eigenvalue weighted by Crippen LogP contribution is 2.21. The first-order valence-corrected chi connectivity index (χ1v) is 17.6. The standard InChI is InChI=1S/C15H33O6Si4/c1-14(2)15(16)18-12-11-17-10-9-13-25(19-22(3)4,20-23(5)6)21-24(7)8/h1,9-13H2,2-8H3. The predicted molar refractivity (Wildman–Crippen MR) is 107 cm³/mol. The summed E-state index contributed by atoms with van der Waals surface area (Å²) >= 11 is 0. The molecule has 3 radical (unpaired) electrons. The van der Waals surface area contributed by atoms with Crippen LogP contribution >= 0.6 is 0 Å². The molecule has 0 bridgehead atoms. The highest BCUT2D eigenvalue weighted by atomic mass is 28.5. The first-order valence-electron chi connectivity index (χ1n) is 8.46. The number of hydrogen-bond donors (Lipinski definition) is 0. The second-order valence-electron chi connectivity index (χ2n) is 6.35. The minimum Gasteiger partial charge on any atom is -0.460 e. The number of esters is 1. The molecule has 0 unspecified atom stereocenters. The molecule has 0 aliphatic rings. The average molecular weight is 422 g/mol.